The average Bonchev–Trinajstić information content (AvgIpc) is 2.96. The maximum atomic E-state index is 12.9. The fourth-order valence-corrected chi connectivity index (χ4v) is 4.80. The fourth-order valence-electron chi connectivity index (χ4n) is 3.02. The molecule has 1 saturated heterocycles. The van der Waals surface area contributed by atoms with Crippen molar-refractivity contribution in [1.82, 2.24) is 19.5 Å². The maximum absolute atomic E-state index is 12.9. The quantitative estimate of drug-likeness (QED) is 0.934. The summed E-state index contributed by atoms with van der Waals surface area (Å²) < 4.78 is 27.4. The third-order valence-corrected chi connectivity index (χ3v) is 6.44. The van der Waals surface area contributed by atoms with E-state index < -0.39 is 10.0 Å². The number of aromatic amines is 1. The van der Waals surface area contributed by atoms with Gasteiger partial charge in [0, 0.05) is 19.0 Å². The summed E-state index contributed by atoms with van der Waals surface area (Å²) in [4.78, 5) is 4.79. The van der Waals surface area contributed by atoms with Crippen molar-refractivity contribution in [1.29, 1.82) is 0 Å². The molecule has 23 heavy (non-hydrogen) atoms. The lowest BCUT2D eigenvalue weighted by molar-refractivity contribution is 0.313. The largest absolute Gasteiger partial charge is 0.263 e. The standard InChI is InChI=1S/C16H22N4O2S/c1-11-4-5-12(2)15(10-11)23(21,22)20-8-6-14(7-9-20)16-17-13(3)18-19-16/h4-5,10,14H,6-9H2,1-3H3,(H,17,18,19). The van der Waals surface area contributed by atoms with Crippen molar-refractivity contribution < 1.29 is 8.42 Å². The van der Waals surface area contributed by atoms with Gasteiger partial charge >= 0.3 is 0 Å². The van der Waals surface area contributed by atoms with E-state index in [2.05, 4.69) is 15.2 Å². The Kier molecular flexibility index (Phi) is 4.25. The van der Waals surface area contributed by atoms with Crippen LogP contribution in [-0.2, 0) is 10.0 Å². The number of hydrogen-bond donors (Lipinski definition) is 1. The Balaban J connectivity index is 1.77. The summed E-state index contributed by atoms with van der Waals surface area (Å²) in [7, 11) is -3.43. The predicted molar refractivity (Wildman–Crippen MR) is 87.8 cm³/mol. The molecule has 0 unspecified atom stereocenters. The van der Waals surface area contributed by atoms with Crippen LogP contribution in [-0.4, -0.2) is 41.0 Å². The third kappa shape index (κ3) is 3.16. The van der Waals surface area contributed by atoms with Crippen molar-refractivity contribution in [2.24, 2.45) is 0 Å². The molecule has 0 saturated carbocycles. The lowest BCUT2D eigenvalue weighted by Crippen LogP contribution is -2.38. The van der Waals surface area contributed by atoms with Gasteiger partial charge in [-0.25, -0.2) is 13.4 Å². The molecule has 0 bridgehead atoms. The molecule has 1 fully saturated rings. The van der Waals surface area contributed by atoms with Crippen LogP contribution in [0.25, 0.3) is 0 Å². The van der Waals surface area contributed by atoms with E-state index in [1.165, 1.54) is 0 Å². The van der Waals surface area contributed by atoms with Crippen molar-refractivity contribution in [2.75, 3.05) is 13.1 Å². The van der Waals surface area contributed by atoms with Crippen LogP contribution in [0.15, 0.2) is 23.1 Å². The number of piperidine rings is 1. The highest BCUT2D eigenvalue weighted by atomic mass is 32.2. The molecule has 3 rings (SSSR count). The van der Waals surface area contributed by atoms with E-state index in [0.29, 0.717) is 18.0 Å². The summed E-state index contributed by atoms with van der Waals surface area (Å²) in [5, 5.41) is 7.06. The van der Waals surface area contributed by atoms with Crippen molar-refractivity contribution >= 4 is 10.0 Å². The smallest absolute Gasteiger partial charge is 0.243 e. The van der Waals surface area contributed by atoms with E-state index in [4.69, 9.17) is 0 Å². The zero-order valence-corrected chi connectivity index (χ0v) is 14.5. The highest BCUT2D eigenvalue weighted by molar-refractivity contribution is 7.89. The molecule has 7 heteroatoms. The zero-order chi connectivity index (χ0) is 16.6. The van der Waals surface area contributed by atoms with Crippen LogP contribution < -0.4 is 0 Å². The molecule has 124 valence electrons. The fraction of sp³-hybridized carbons (Fsp3) is 0.500. The van der Waals surface area contributed by atoms with Gasteiger partial charge in [0.2, 0.25) is 10.0 Å². The Labute approximate surface area is 137 Å². The molecule has 0 amide bonds. The van der Waals surface area contributed by atoms with Crippen molar-refractivity contribution in [3.05, 3.63) is 41.0 Å². The van der Waals surface area contributed by atoms with Crippen LogP contribution in [0.2, 0.25) is 0 Å². The molecule has 1 aliphatic rings. The van der Waals surface area contributed by atoms with Crippen LogP contribution in [0.1, 0.15) is 41.5 Å². The van der Waals surface area contributed by atoms with Gasteiger partial charge in [-0.1, -0.05) is 12.1 Å². The van der Waals surface area contributed by atoms with Crippen LogP contribution in [0, 0.1) is 20.8 Å². The summed E-state index contributed by atoms with van der Waals surface area (Å²) in [5.74, 6) is 1.82. The first-order valence-electron chi connectivity index (χ1n) is 7.84. The molecule has 1 aliphatic heterocycles. The highest BCUT2D eigenvalue weighted by Gasteiger charge is 2.32. The van der Waals surface area contributed by atoms with Gasteiger partial charge < -0.3 is 0 Å². The van der Waals surface area contributed by atoms with Gasteiger partial charge in [-0.2, -0.15) is 9.40 Å². The van der Waals surface area contributed by atoms with E-state index in [9.17, 15) is 8.42 Å². The van der Waals surface area contributed by atoms with Gasteiger partial charge in [0.15, 0.2) is 5.82 Å². The molecule has 1 aromatic heterocycles. The number of aryl methyl sites for hydroxylation is 3. The van der Waals surface area contributed by atoms with Crippen molar-refractivity contribution in [3.8, 4) is 0 Å². The summed E-state index contributed by atoms with van der Waals surface area (Å²) >= 11 is 0. The van der Waals surface area contributed by atoms with Gasteiger partial charge in [-0.3, -0.25) is 5.10 Å². The lowest BCUT2D eigenvalue weighted by atomic mass is 9.98. The normalized spacial score (nSPS) is 17.5. The molecule has 2 heterocycles. The summed E-state index contributed by atoms with van der Waals surface area (Å²) in [6, 6.07) is 5.56. The van der Waals surface area contributed by atoms with Crippen LogP contribution in [0.4, 0.5) is 0 Å². The highest BCUT2D eigenvalue weighted by Crippen LogP contribution is 2.30. The minimum Gasteiger partial charge on any atom is -0.263 e. The number of hydrogen-bond acceptors (Lipinski definition) is 4. The molecule has 1 N–H and O–H groups in total. The molecule has 0 aliphatic carbocycles. The Morgan fingerprint density at radius 3 is 2.48 bits per heavy atom. The van der Waals surface area contributed by atoms with Crippen molar-refractivity contribution in [2.45, 2.75) is 44.4 Å². The number of sulfonamides is 1. The first-order chi connectivity index (χ1) is 10.9. The Morgan fingerprint density at radius 1 is 1.17 bits per heavy atom. The molecule has 1 aromatic carbocycles. The monoisotopic (exact) mass is 334 g/mol. The number of rotatable bonds is 3. The molecule has 0 spiro atoms. The van der Waals surface area contributed by atoms with Crippen LogP contribution in [0.3, 0.4) is 0 Å². The maximum Gasteiger partial charge on any atom is 0.243 e. The molecule has 6 nitrogen and oxygen atoms in total. The second kappa shape index (κ2) is 6.05. The van der Waals surface area contributed by atoms with E-state index >= 15 is 0 Å². The van der Waals surface area contributed by atoms with Crippen molar-refractivity contribution in [3.63, 3.8) is 0 Å². The summed E-state index contributed by atoms with van der Waals surface area (Å²) in [6.07, 6.45) is 1.50. The van der Waals surface area contributed by atoms with Crippen LogP contribution >= 0.6 is 0 Å². The van der Waals surface area contributed by atoms with E-state index in [1.807, 2.05) is 32.9 Å². The second-order valence-electron chi connectivity index (χ2n) is 6.23. The number of nitrogens with zero attached hydrogens (tertiary/aromatic N) is 3. The molecular formula is C16H22N4O2S. The number of nitrogens with one attached hydrogen (secondary N) is 1. The van der Waals surface area contributed by atoms with E-state index in [1.54, 1.807) is 10.4 Å². The zero-order valence-electron chi connectivity index (χ0n) is 13.7. The van der Waals surface area contributed by atoms with Gasteiger partial charge in [-0.05, 0) is 50.8 Å². The van der Waals surface area contributed by atoms with E-state index in [0.717, 1.165) is 35.6 Å². The number of benzene rings is 1. The van der Waals surface area contributed by atoms with Gasteiger partial charge in [0.05, 0.1) is 4.90 Å². The SMILES string of the molecule is Cc1ccc(C)c(S(=O)(=O)N2CCC(c3n[nH]c(C)n3)CC2)c1. The molecular weight excluding hydrogens is 312 g/mol. The number of H-pyrrole nitrogens is 1. The van der Waals surface area contributed by atoms with Crippen LogP contribution in [0.5, 0.6) is 0 Å². The minimum absolute atomic E-state index is 0.227. The first kappa shape index (κ1) is 16.1. The topological polar surface area (TPSA) is 79.0 Å². The Hall–Kier alpha value is -1.73. The van der Waals surface area contributed by atoms with Gasteiger partial charge in [0.1, 0.15) is 5.82 Å². The Bertz CT molecular complexity index is 805. The molecule has 2 aromatic rings. The van der Waals surface area contributed by atoms with Gasteiger partial charge in [-0.15, -0.1) is 0 Å². The first-order valence-corrected chi connectivity index (χ1v) is 9.28. The average molecular weight is 334 g/mol. The minimum atomic E-state index is -3.43. The summed E-state index contributed by atoms with van der Waals surface area (Å²) in [5.41, 5.74) is 1.75. The van der Waals surface area contributed by atoms with E-state index in [-0.39, 0.29) is 5.92 Å². The number of aromatic nitrogens is 3. The predicted octanol–water partition coefficient (Wildman–Crippen LogP) is 2.30. The summed E-state index contributed by atoms with van der Waals surface area (Å²) in [6.45, 7) is 6.64. The second-order valence-corrected chi connectivity index (χ2v) is 8.13. The Morgan fingerprint density at radius 2 is 1.87 bits per heavy atom. The lowest BCUT2D eigenvalue weighted by Gasteiger charge is -2.30. The third-order valence-electron chi connectivity index (χ3n) is 4.40. The molecule has 0 atom stereocenters. The molecule has 0 radical (unpaired) electrons. The van der Waals surface area contributed by atoms with Gasteiger partial charge in [0.25, 0.3) is 0 Å².